The van der Waals surface area contributed by atoms with Crippen LogP contribution < -0.4 is 26.6 Å². The molecule has 3 N–H and O–H groups in total. The molecule has 0 saturated carbocycles. The van der Waals surface area contributed by atoms with Crippen molar-refractivity contribution >= 4 is 17.4 Å². The van der Waals surface area contributed by atoms with Crippen LogP contribution in [0.1, 0.15) is 38.3 Å². The molecular formula is C27H34N4O5. The predicted octanol–water partition coefficient (Wildman–Crippen LogP) is 3.07. The zero-order chi connectivity index (χ0) is 26.3. The van der Waals surface area contributed by atoms with E-state index in [0.29, 0.717) is 5.75 Å². The van der Waals surface area contributed by atoms with E-state index in [2.05, 4.69) is 25.8 Å². The second kappa shape index (κ2) is 11.7. The van der Waals surface area contributed by atoms with E-state index in [1.54, 1.807) is 0 Å². The Kier molecular flexibility index (Phi) is 8.71. The first-order valence-corrected chi connectivity index (χ1v) is 11.8. The van der Waals surface area contributed by atoms with Gasteiger partial charge in [-0.25, -0.2) is 4.79 Å². The number of nitrogens with zero attached hydrogens (tertiary/aromatic N) is 2. The fourth-order valence-corrected chi connectivity index (χ4v) is 3.74. The van der Waals surface area contributed by atoms with Crippen molar-refractivity contribution in [2.45, 2.75) is 45.7 Å². The Bertz CT molecular complexity index is 1270. The summed E-state index contributed by atoms with van der Waals surface area (Å²) in [6, 6.07) is 17.0. The molecule has 36 heavy (non-hydrogen) atoms. The van der Waals surface area contributed by atoms with Gasteiger partial charge < -0.3 is 15.2 Å². The van der Waals surface area contributed by atoms with Gasteiger partial charge in [-0.3, -0.25) is 24.0 Å². The minimum atomic E-state index is -0.728. The summed E-state index contributed by atoms with van der Waals surface area (Å²) in [5.41, 5.74) is 6.80. The molecule has 0 aliphatic rings. The van der Waals surface area contributed by atoms with Gasteiger partial charge >= 0.3 is 5.69 Å². The molecule has 2 aromatic carbocycles. The maximum Gasteiger partial charge on any atom is 0.330 e. The van der Waals surface area contributed by atoms with Gasteiger partial charge in [0.05, 0.1) is 32.7 Å². The first kappa shape index (κ1) is 26.7. The molecule has 0 unspecified atom stereocenters. The number of amides is 1. The molecule has 9 heteroatoms. The number of rotatable bonds is 10. The van der Waals surface area contributed by atoms with Crippen molar-refractivity contribution in [2.24, 2.45) is 0 Å². The molecule has 3 aromatic rings. The summed E-state index contributed by atoms with van der Waals surface area (Å²) in [6.45, 7) is 6.96. The van der Waals surface area contributed by atoms with Crippen LogP contribution in [0.3, 0.4) is 0 Å². The predicted molar refractivity (Wildman–Crippen MR) is 140 cm³/mol. The van der Waals surface area contributed by atoms with Gasteiger partial charge in [0.2, 0.25) is 5.91 Å². The number of carbonyl (C=O) groups excluding carboxylic acids is 1. The van der Waals surface area contributed by atoms with Crippen molar-refractivity contribution < 1.29 is 14.3 Å². The van der Waals surface area contributed by atoms with E-state index in [1.165, 1.54) is 22.1 Å². The smallest absolute Gasteiger partial charge is 0.330 e. The summed E-state index contributed by atoms with van der Waals surface area (Å²) in [4.78, 5) is 42.1. The number of nitrogens with one attached hydrogen (secondary N) is 1. The second-order valence-corrected chi connectivity index (χ2v) is 9.48. The molecule has 0 spiro atoms. The number of H-pyrrole nitrogens is 1. The lowest BCUT2D eigenvalue weighted by atomic mass is 9.87. The summed E-state index contributed by atoms with van der Waals surface area (Å²) in [5, 5.41) is 0. The summed E-state index contributed by atoms with van der Waals surface area (Å²) in [6.07, 6.45) is 0.00390. The Morgan fingerprint density at radius 2 is 1.69 bits per heavy atom. The monoisotopic (exact) mass is 494 g/mol. The molecule has 0 bridgehead atoms. The number of aromatic amines is 1. The van der Waals surface area contributed by atoms with Crippen molar-refractivity contribution in [1.29, 1.82) is 0 Å². The molecule has 9 nitrogen and oxygen atoms in total. The average Bonchev–Trinajstić information content (AvgIpc) is 2.83. The molecule has 3 rings (SSSR count). The van der Waals surface area contributed by atoms with Gasteiger partial charge in [-0.15, -0.1) is 0 Å². The van der Waals surface area contributed by atoms with Crippen molar-refractivity contribution in [3.63, 3.8) is 0 Å². The van der Waals surface area contributed by atoms with E-state index < -0.39 is 11.2 Å². The molecule has 0 saturated heterocycles. The SMILES string of the molecule is COCCn1c(N)c(N(Cc2ccccc2)C(=O)CCOc2ccc(C(C)(C)C)cc2)c(=O)[nH]c1=O. The number of anilines is 2. The topological polar surface area (TPSA) is 120 Å². The van der Waals surface area contributed by atoms with Crippen LogP contribution in [0.25, 0.3) is 0 Å². The zero-order valence-corrected chi connectivity index (χ0v) is 21.2. The van der Waals surface area contributed by atoms with Crippen LogP contribution in [0.2, 0.25) is 0 Å². The van der Waals surface area contributed by atoms with Gasteiger partial charge in [-0.05, 0) is 28.7 Å². The number of hydrogen-bond donors (Lipinski definition) is 2. The van der Waals surface area contributed by atoms with Gasteiger partial charge in [0, 0.05) is 7.11 Å². The fraction of sp³-hybridized carbons (Fsp3) is 0.370. The first-order chi connectivity index (χ1) is 17.1. The quantitative estimate of drug-likeness (QED) is 0.447. The molecule has 0 aliphatic heterocycles. The molecule has 1 heterocycles. The highest BCUT2D eigenvalue weighted by molar-refractivity contribution is 5.95. The Labute approximate surface area is 210 Å². The summed E-state index contributed by atoms with van der Waals surface area (Å²) in [5.74, 6) is 0.193. The molecule has 0 fully saturated rings. The Morgan fingerprint density at radius 1 is 1.03 bits per heavy atom. The highest BCUT2D eigenvalue weighted by Crippen LogP contribution is 2.25. The van der Waals surface area contributed by atoms with E-state index in [-0.39, 0.29) is 55.6 Å². The lowest BCUT2D eigenvalue weighted by molar-refractivity contribution is -0.119. The normalized spacial score (nSPS) is 11.3. The van der Waals surface area contributed by atoms with Crippen molar-refractivity contribution in [1.82, 2.24) is 9.55 Å². The Morgan fingerprint density at radius 3 is 2.31 bits per heavy atom. The Hall–Kier alpha value is -3.85. The maximum atomic E-state index is 13.4. The van der Waals surface area contributed by atoms with Crippen LogP contribution in [-0.2, 0) is 28.0 Å². The number of aromatic nitrogens is 2. The van der Waals surface area contributed by atoms with Gasteiger partial charge in [0.15, 0.2) is 5.69 Å². The number of methoxy groups -OCH3 is 1. The third kappa shape index (κ3) is 6.63. The van der Waals surface area contributed by atoms with Crippen molar-refractivity contribution in [3.05, 3.63) is 86.6 Å². The summed E-state index contributed by atoms with van der Waals surface area (Å²) in [7, 11) is 1.50. The standard InChI is InChI=1S/C27H34N4O5/c1-27(2,3)20-10-12-21(13-11-20)36-16-14-22(32)31(18-19-8-6-5-7-9-19)23-24(28)30(15-17-35-4)26(34)29-25(23)33/h5-13H,14-18,28H2,1-4H3,(H,29,33,34). The number of hydrogen-bond acceptors (Lipinski definition) is 6. The van der Waals surface area contributed by atoms with E-state index in [1.807, 2.05) is 54.6 Å². The molecule has 1 aromatic heterocycles. The number of ether oxygens (including phenoxy) is 2. The van der Waals surface area contributed by atoms with E-state index >= 15 is 0 Å². The summed E-state index contributed by atoms with van der Waals surface area (Å²) < 4.78 is 12.0. The van der Waals surface area contributed by atoms with Crippen LogP contribution in [-0.4, -0.2) is 35.8 Å². The minimum Gasteiger partial charge on any atom is -0.493 e. The molecule has 0 aliphatic carbocycles. The highest BCUT2D eigenvalue weighted by Gasteiger charge is 2.24. The van der Waals surface area contributed by atoms with Gasteiger partial charge in [-0.1, -0.05) is 63.2 Å². The molecular weight excluding hydrogens is 460 g/mol. The summed E-state index contributed by atoms with van der Waals surface area (Å²) >= 11 is 0. The molecule has 0 radical (unpaired) electrons. The number of carbonyl (C=O) groups is 1. The van der Waals surface area contributed by atoms with Crippen molar-refractivity contribution in [2.75, 3.05) is 31.0 Å². The van der Waals surface area contributed by atoms with E-state index in [0.717, 1.165) is 5.56 Å². The maximum absolute atomic E-state index is 13.4. The largest absolute Gasteiger partial charge is 0.493 e. The van der Waals surface area contributed by atoms with Crippen LogP contribution in [0, 0.1) is 0 Å². The lowest BCUT2D eigenvalue weighted by Gasteiger charge is -2.25. The molecule has 0 atom stereocenters. The molecule has 192 valence electrons. The zero-order valence-electron chi connectivity index (χ0n) is 21.2. The van der Waals surface area contributed by atoms with Crippen LogP contribution in [0.4, 0.5) is 11.5 Å². The third-order valence-corrected chi connectivity index (χ3v) is 5.79. The van der Waals surface area contributed by atoms with Crippen LogP contribution in [0.5, 0.6) is 5.75 Å². The minimum absolute atomic E-state index is 0.00390. The third-order valence-electron chi connectivity index (χ3n) is 5.79. The highest BCUT2D eigenvalue weighted by atomic mass is 16.5. The first-order valence-electron chi connectivity index (χ1n) is 11.8. The Balaban J connectivity index is 1.84. The molecule has 1 amide bonds. The lowest BCUT2D eigenvalue weighted by Crippen LogP contribution is -2.41. The second-order valence-electron chi connectivity index (χ2n) is 9.48. The van der Waals surface area contributed by atoms with Crippen LogP contribution >= 0.6 is 0 Å². The average molecular weight is 495 g/mol. The number of nitrogen functional groups attached to an aromatic ring is 1. The number of nitrogens with two attached hydrogens (primary N) is 1. The van der Waals surface area contributed by atoms with Gasteiger partial charge in [0.25, 0.3) is 5.56 Å². The van der Waals surface area contributed by atoms with E-state index in [9.17, 15) is 14.4 Å². The van der Waals surface area contributed by atoms with Gasteiger partial charge in [-0.2, -0.15) is 0 Å². The van der Waals surface area contributed by atoms with Crippen molar-refractivity contribution in [3.8, 4) is 5.75 Å². The fourth-order valence-electron chi connectivity index (χ4n) is 3.74. The van der Waals surface area contributed by atoms with Crippen LogP contribution in [0.15, 0.2) is 64.2 Å². The van der Waals surface area contributed by atoms with E-state index in [4.69, 9.17) is 15.2 Å². The number of benzene rings is 2. The van der Waals surface area contributed by atoms with Gasteiger partial charge in [0.1, 0.15) is 11.6 Å².